The lowest BCUT2D eigenvalue weighted by Crippen LogP contribution is -2.36. The van der Waals surface area contributed by atoms with Crippen LogP contribution in [0, 0.1) is 23.7 Å². The van der Waals surface area contributed by atoms with E-state index >= 15 is 0 Å². The van der Waals surface area contributed by atoms with Crippen molar-refractivity contribution in [2.75, 3.05) is 0 Å². The molecule has 1 saturated heterocycles. The van der Waals surface area contributed by atoms with Crippen LogP contribution < -0.4 is 0 Å². The Labute approximate surface area is 71.3 Å². The van der Waals surface area contributed by atoms with Crippen LogP contribution in [0.25, 0.3) is 0 Å². The summed E-state index contributed by atoms with van der Waals surface area (Å²) in [5.74, 6) is 1.53. The van der Waals surface area contributed by atoms with Gasteiger partial charge >= 0.3 is 0 Å². The number of hydrogen-bond donors (Lipinski definition) is 2. The van der Waals surface area contributed by atoms with Crippen LogP contribution in [0.5, 0.6) is 0 Å². The molecule has 12 heavy (non-hydrogen) atoms. The third-order valence-electron chi connectivity index (χ3n) is 4.14. The van der Waals surface area contributed by atoms with Crippen LogP contribution in [0.2, 0.25) is 0 Å². The predicted octanol–water partition coefficient (Wildman–Crippen LogP) is -0.0335. The van der Waals surface area contributed by atoms with Gasteiger partial charge in [-0.1, -0.05) is 6.92 Å². The SMILES string of the molecule is CC1C2C(O)OC3C2C[C@H]1C3O. The van der Waals surface area contributed by atoms with E-state index in [1.165, 1.54) is 0 Å². The molecule has 0 aromatic heterocycles. The smallest absolute Gasteiger partial charge is 0.158 e. The number of ether oxygens (including phenoxy) is 1. The molecule has 3 rings (SSSR count). The zero-order chi connectivity index (χ0) is 8.46. The Morgan fingerprint density at radius 1 is 1.25 bits per heavy atom. The van der Waals surface area contributed by atoms with Crippen LogP contribution in [0.15, 0.2) is 0 Å². The molecule has 2 bridgehead atoms. The van der Waals surface area contributed by atoms with Gasteiger partial charge in [-0.25, -0.2) is 0 Å². The van der Waals surface area contributed by atoms with E-state index in [0.29, 0.717) is 23.7 Å². The van der Waals surface area contributed by atoms with Crippen LogP contribution in [0.1, 0.15) is 13.3 Å². The molecule has 0 radical (unpaired) electrons. The summed E-state index contributed by atoms with van der Waals surface area (Å²) in [4.78, 5) is 0. The highest BCUT2D eigenvalue weighted by molar-refractivity contribution is 5.09. The average Bonchev–Trinajstić information content (AvgIpc) is 2.56. The highest BCUT2D eigenvalue weighted by atomic mass is 16.6. The molecule has 0 aromatic rings. The molecule has 3 heteroatoms. The lowest BCUT2D eigenvalue weighted by Gasteiger charge is -2.27. The molecule has 3 fully saturated rings. The van der Waals surface area contributed by atoms with Crippen molar-refractivity contribution < 1.29 is 14.9 Å². The van der Waals surface area contributed by atoms with E-state index in [1.54, 1.807) is 0 Å². The molecule has 2 saturated carbocycles. The van der Waals surface area contributed by atoms with Gasteiger partial charge in [0, 0.05) is 5.92 Å². The fraction of sp³-hybridized carbons (Fsp3) is 1.00. The van der Waals surface area contributed by atoms with Gasteiger partial charge in [0.05, 0.1) is 12.2 Å². The molecule has 1 aliphatic heterocycles. The molecule has 3 nitrogen and oxygen atoms in total. The van der Waals surface area contributed by atoms with Crippen LogP contribution in [0.3, 0.4) is 0 Å². The number of rotatable bonds is 0. The highest BCUT2D eigenvalue weighted by Gasteiger charge is 2.63. The maximum Gasteiger partial charge on any atom is 0.158 e. The summed E-state index contributed by atoms with van der Waals surface area (Å²) in [6.07, 6.45) is 0.0519. The number of hydrogen-bond acceptors (Lipinski definition) is 3. The predicted molar refractivity (Wildman–Crippen MR) is 41.1 cm³/mol. The maximum absolute atomic E-state index is 9.76. The van der Waals surface area contributed by atoms with Crippen LogP contribution >= 0.6 is 0 Å². The number of aliphatic hydroxyl groups is 2. The molecule has 7 atom stereocenters. The van der Waals surface area contributed by atoms with Crippen molar-refractivity contribution in [2.24, 2.45) is 23.7 Å². The minimum absolute atomic E-state index is 0.0637. The molecule has 68 valence electrons. The molecule has 6 unspecified atom stereocenters. The Morgan fingerprint density at radius 3 is 2.67 bits per heavy atom. The Kier molecular flexibility index (Phi) is 1.23. The van der Waals surface area contributed by atoms with Gasteiger partial charge in [-0.2, -0.15) is 0 Å². The summed E-state index contributed by atoms with van der Waals surface area (Å²) in [6.45, 7) is 2.12. The first kappa shape index (κ1) is 7.30. The molecule has 0 amide bonds. The molecular formula is C9H14O3. The van der Waals surface area contributed by atoms with Crippen molar-refractivity contribution in [1.29, 1.82) is 0 Å². The largest absolute Gasteiger partial charge is 0.390 e. The van der Waals surface area contributed by atoms with Gasteiger partial charge in [0.25, 0.3) is 0 Å². The van der Waals surface area contributed by atoms with Gasteiger partial charge in [0.1, 0.15) is 0 Å². The summed E-state index contributed by atoms with van der Waals surface area (Å²) in [5.41, 5.74) is 0. The Bertz CT molecular complexity index is 214. The monoisotopic (exact) mass is 170 g/mol. The fourth-order valence-corrected chi connectivity index (χ4v) is 3.57. The van der Waals surface area contributed by atoms with E-state index in [-0.39, 0.29) is 12.2 Å². The Balaban J connectivity index is 2.01. The fourth-order valence-electron chi connectivity index (χ4n) is 3.57. The van der Waals surface area contributed by atoms with E-state index in [2.05, 4.69) is 6.92 Å². The summed E-state index contributed by atoms with van der Waals surface area (Å²) in [6, 6.07) is 0. The summed E-state index contributed by atoms with van der Waals surface area (Å²) in [7, 11) is 0. The molecular weight excluding hydrogens is 156 g/mol. The number of aliphatic hydroxyl groups excluding tert-OH is 2. The minimum Gasteiger partial charge on any atom is -0.390 e. The summed E-state index contributed by atoms with van der Waals surface area (Å²) in [5, 5.41) is 19.3. The Hall–Kier alpha value is -0.120. The van der Waals surface area contributed by atoms with E-state index in [4.69, 9.17) is 4.74 Å². The van der Waals surface area contributed by atoms with E-state index < -0.39 is 6.29 Å². The van der Waals surface area contributed by atoms with Crippen molar-refractivity contribution in [3.05, 3.63) is 0 Å². The second kappa shape index (κ2) is 2.03. The van der Waals surface area contributed by atoms with E-state index in [1.807, 2.05) is 0 Å². The first-order valence-electron chi connectivity index (χ1n) is 4.71. The van der Waals surface area contributed by atoms with Gasteiger partial charge in [0.2, 0.25) is 0 Å². The quantitative estimate of drug-likeness (QED) is 0.536. The Morgan fingerprint density at radius 2 is 2.00 bits per heavy atom. The second-order valence-electron chi connectivity index (χ2n) is 4.48. The third kappa shape index (κ3) is 0.605. The molecule has 3 aliphatic rings. The summed E-state index contributed by atoms with van der Waals surface area (Å²) < 4.78 is 5.33. The average molecular weight is 170 g/mol. The first-order chi connectivity index (χ1) is 5.70. The van der Waals surface area contributed by atoms with Gasteiger partial charge in [-0.05, 0) is 24.2 Å². The van der Waals surface area contributed by atoms with Crippen LogP contribution in [0.4, 0.5) is 0 Å². The van der Waals surface area contributed by atoms with Crippen molar-refractivity contribution in [1.82, 2.24) is 0 Å². The topological polar surface area (TPSA) is 49.7 Å². The summed E-state index contributed by atoms with van der Waals surface area (Å²) >= 11 is 0. The van der Waals surface area contributed by atoms with Crippen molar-refractivity contribution in [2.45, 2.75) is 31.8 Å². The molecule has 2 aliphatic carbocycles. The molecule has 0 aromatic carbocycles. The van der Waals surface area contributed by atoms with Crippen molar-refractivity contribution in [3.8, 4) is 0 Å². The van der Waals surface area contributed by atoms with Crippen molar-refractivity contribution >= 4 is 0 Å². The normalized spacial score (nSPS) is 67.8. The first-order valence-corrected chi connectivity index (χ1v) is 4.71. The van der Waals surface area contributed by atoms with E-state index in [0.717, 1.165) is 6.42 Å². The third-order valence-corrected chi connectivity index (χ3v) is 4.14. The molecule has 2 N–H and O–H groups in total. The van der Waals surface area contributed by atoms with Crippen molar-refractivity contribution in [3.63, 3.8) is 0 Å². The number of fused-ring (bicyclic) bond motifs is 1. The van der Waals surface area contributed by atoms with Gasteiger partial charge in [-0.3, -0.25) is 0 Å². The van der Waals surface area contributed by atoms with Gasteiger partial charge in [-0.15, -0.1) is 0 Å². The molecule has 1 heterocycles. The van der Waals surface area contributed by atoms with E-state index in [9.17, 15) is 10.2 Å². The lowest BCUT2D eigenvalue weighted by atomic mass is 9.79. The minimum atomic E-state index is -0.614. The molecule has 0 spiro atoms. The second-order valence-corrected chi connectivity index (χ2v) is 4.48. The van der Waals surface area contributed by atoms with Crippen LogP contribution in [-0.4, -0.2) is 28.7 Å². The highest BCUT2D eigenvalue weighted by Crippen LogP contribution is 2.58. The standard InChI is InChI=1S/C9H14O3/c1-3-4-2-5-6(3)9(11)12-8(5)7(4)10/h3-11H,2H2,1H3/t3?,4-,5?,6?,7?,8?,9?/m1/s1. The van der Waals surface area contributed by atoms with Crippen LogP contribution in [-0.2, 0) is 4.74 Å². The lowest BCUT2D eigenvalue weighted by molar-refractivity contribution is -0.121. The van der Waals surface area contributed by atoms with Gasteiger partial charge in [0.15, 0.2) is 6.29 Å². The van der Waals surface area contributed by atoms with Gasteiger partial charge < -0.3 is 14.9 Å². The zero-order valence-electron chi connectivity index (χ0n) is 7.05. The maximum atomic E-state index is 9.76. The zero-order valence-corrected chi connectivity index (χ0v) is 7.05.